The summed E-state index contributed by atoms with van der Waals surface area (Å²) in [6.45, 7) is 0. The summed E-state index contributed by atoms with van der Waals surface area (Å²) >= 11 is 0. The molecule has 0 radical (unpaired) electrons. The van der Waals surface area contributed by atoms with Gasteiger partial charge in [-0.25, -0.2) is 13.8 Å². The highest BCUT2D eigenvalue weighted by Crippen LogP contribution is 2.27. The zero-order chi connectivity index (χ0) is 22.8. The summed E-state index contributed by atoms with van der Waals surface area (Å²) in [7, 11) is 0. The molecule has 0 aliphatic heterocycles. The highest BCUT2D eigenvalue weighted by Gasteiger charge is 2.15. The number of hydrogen-bond acceptors (Lipinski definition) is 5. The van der Waals surface area contributed by atoms with E-state index in [0.29, 0.717) is 22.3 Å². The van der Waals surface area contributed by atoms with Gasteiger partial charge in [0.2, 0.25) is 5.91 Å². The molecule has 1 heterocycles. The van der Waals surface area contributed by atoms with Crippen LogP contribution < -0.4 is 5.32 Å². The normalized spacial score (nSPS) is 11.2. The average Bonchev–Trinajstić information content (AvgIpc) is 3.11. The van der Waals surface area contributed by atoms with Gasteiger partial charge in [0.15, 0.2) is 17.5 Å². The van der Waals surface area contributed by atoms with Gasteiger partial charge in [-0.3, -0.25) is 14.9 Å². The van der Waals surface area contributed by atoms with Crippen LogP contribution in [0.4, 0.5) is 20.2 Å². The van der Waals surface area contributed by atoms with Crippen molar-refractivity contribution in [1.82, 2.24) is 9.71 Å². The van der Waals surface area contributed by atoms with E-state index in [1.807, 2.05) is 0 Å². The van der Waals surface area contributed by atoms with E-state index in [1.165, 1.54) is 36.4 Å². The maximum Gasteiger partial charge on any atom is 0.271 e. The Morgan fingerprint density at radius 1 is 1.06 bits per heavy atom. The summed E-state index contributed by atoms with van der Waals surface area (Å²) in [4.78, 5) is 26.7. The molecule has 4 rings (SSSR count). The largest absolute Gasteiger partial charge is 0.426 e. The van der Waals surface area contributed by atoms with Gasteiger partial charge in [-0.1, -0.05) is 6.07 Å². The van der Waals surface area contributed by atoms with Gasteiger partial charge in [0.1, 0.15) is 5.52 Å². The van der Waals surface area contributed by atoms with Gasteiger partial charge in [-0.05, 0) is 54.1 Å². The third-order valence-corrected chi connectivity index (χ3v) is 4.61. The lowest BCUT2D eigenvalue weighted by Crippen LogP contribution is -2.07. The molecular weight excluding hydrogens is 422 g/mol. The summed E-state index contributed by atoms with van der Waals surface area (Å²) in [5.74, 6) is -2.28. The van der Waals surface area contributed by atoms with E-state index in [1.54, 1.807) is 24.3 Å². The topological polar surface area (TPSA) is 110 Å². The lowest BCUT2D eigenvalue weighted by Gasteiger charge is -2.05. The van der Waals surface area contributed by atoms with Crippen molar-refractivity contribution in [3.8, 4) is 11.4 Å². The van der Waals surface area contributed by atoms with Crippen molar-refractivity contribution in [2.24, 2.45) is 0 Å². The molecule has 1 amide bonds. The third kappa shape index (κ3) is 4.15. The van der Waals surface area contributed by atoms with Crippen molar-refractivity contribution in [1.29, 1.82) is 0 Å². The summed E-state index contributed by atoms with van der Waals surface area (Å²) in [5.41, 5.74) is 1.69. The SMILES string of the molecule is O=C(/C=C/c1ccc(F)c(F)c1)Nc1ccc(-c2nc3ccc([N+](=O)[O-])cc3n2O)cc1. The molecule has 0 spiro atoms. The molecule has 0 aliphatic carbocycles. The summed E-state index contributed by atoms with van der Waals surface area (Å²) in [5, 5.41) is 23.9. The number of carbonyl (C=O) groups is 1. The van der Waals surface area contributed by atoms with Crippen LogP contribution in [0.2, 0.25) is 0 Å². The van der Waals surface area contributed by atoms with Gasteiger partial charge < -0.3 is 10.5 Å². The first-order chi connectivity index (χ1) is 15.3. The number of nitro groups is 1. The van der Waals surface area contributed by atoms with E-state index in [4.69, 9.17) is 0 Å². The first-order valence-electron chi connectivity index (χ1n) is 9.22. The molecule has 3 aromatic carbocycles. The molecule has 0 saturated heterocycles. The van der Waals surface area contributed by atoms with Crippen molar-refractivity contribution in [2.45, 2.75) is 0 Å². The number of nitrogens with zero attached hydrogens (tertiary/aromatic N) is 3. The van der Waals surface area contributed by atoms with Gasteiger partial charge in [0.05, 0.1) is 10.4 Å². The smallest absolute Gasteiger partial charge is 0.271 e. The van der Waals surface area contributed by atoms with Crippen molar-refractivity contribution in [2.75, 3.05) is 5.32 Å². The van der Waals surface area contributed by atoms with Crippen molar-refractivity contribution >= 4 is 34.4 Å². The Morgan fingerprint density at radius 3 is 2.50 bits per heavy atom. The van der Waals surface area contributed by atoms with E-state index >= 15 is 0 Å². The fraction of sp³-hybridized carbons (Fsp3) is 0. The summed E-state index contributed by atoms with van der Waals surface area (Å²) in [6, 6.07) is 13.6. The predicted octanol–water partition coefficient (Wildman–Crippen LogP) is 4.78. The number of fused-ring (bicyclic) bond motifs is 1. The van der Waals surface area contributed by atoms with Crippen LogP contribution in [-0.2, 0) is 4.79 Å². The molecule has 8 nitrogen and oxygen atoms in total. The van der Waals surface area contributed by atoms with Gasteiger partial charge in [0, 0.05) is 29.5 Å². The van der Waals surface area contributed by atoms with Crippen LogP contribution in [0.1, 0.15) is 5.56 Å². The number of aromatic nitrogens is 2. The van der Waals surface area contributed by atoms with Crippen LogP contribution in [0.5, 0.6) is 0 Å². The van der Waals surface area contributed by atoms with Crippen molar-refractivity contribution < 1.29 is 23.7 Å². The molecule has 1 aromatic heterocycles. The fourth-order valence-corrected chi connectivity index (χ4v) is 3.03. The number of nitrogens with one attached hydrogen (secondary N) is 1. The average molecular weight is 436 g/mol. The molecule has 10 heteroatoms. The van der Waals surface area contributed by atoms with E-state index < -0.39 is 22.5 Å². The minimum Gasteiger partial charge on any atom is -0.426 e. The molecule has 4 aromatic rings. The van der Waals surface area contributed by atoms with Crippen molar-refractivity contribution in [3.05, 3.63) is 94.1 Å². The Labute approximate surface area is 179 Å². The Morgan fingerprint density at radius 2 is 1.81 bits per heavy atom. The third-order valence-electron chi connectivity index (χ3n) is 4.61. The zero-order valence-corrected chi connectivity index (χ0v) is 16.2. The molecule has 0 unspecified atom stereocenters. The Bertz CT molecular complexity index is 1380. The predicted molar refractivity (Wildman–Crippen MR) is 113 cm³/mol. The maximum atomic E-state index is 13.2. The second kappa shape index (κ2) is 8.26. The molecule has 0 fully saturated rings. The number of benzene rings is 3. The molecule has 0 aliphatic rings. The number of hydrogen-bond donors (Lipinski definition) is 2. The number of imidazole rings is 1. The van der Waals surface area contributed by atoms with Crippen LogP contribution in [0.25, 0.3) is 28.5 Å². The standard InChI is InChI=1S/C22H14F2N4O4/c23-17-8-1-13(11-18(17)24)2-10-21(29)25-15-5-3-14(4-6-15)22-26-19-9-7-16(28(31)32)12-20(19)27(22)30/h1-12,30H,(H,25,29)/b10-2+. The number of halogens is 2. The highest BCUT2D eigenvalue weighted by atomic mass is 19.2. The number of anilines is 1. The second-order valence-corrected chi connectivity index (χ2v) is 6.75. The van der Waals surface area contributed by atoms with Gasteiger partial charge in [-0.15, -0.1) is 0 Å². The number of non-ortho nitro benzene ring substituents is 1. The van der Waals surface area contributed by atoms with Crippen LogP contribution in [0, 0.1) is 21.7 Å². The first-order valence-corrected chi connectivity index (χ1v) is 9.22. The van der Waals surface area contributed by atoms with Gasteiger partial charge >= 0.3 is 0 Å². The molecule has 0 bridgehead atoms. The first kappa shape index (κ1) is 20.7. The highest BCUT2D eigenvalue weighted by molar-refractivity contribution is 6.02. The van der Waals surface area contributed by atoms with Crippen LogP contribution in [0.15, 0.2) is 66.7 Å². The molecular formula is C22H14F2N4O4. The van der Waals surface area contributed by atoms with Gasteiger partial charge in [0.25, 0.3) is 5.69 Å². The number of nitro benzene ring substituents is 1. The Kier molecular flexibility index (Phi) is 5.34. The summed E-state index contributed by atoms with van der Waals surface area (Å²) < 4.78 is 26.9. The van der Waals surface area contributed by atoms with E-state index in [2.05, 4.69) is 10.3 Å². The Balaban J connectivity index is 1.50. The quantitative estimate of drug-likeness (QED) is 0.203. The maximum absolute atomic E-state index is 13.2. The lowest BCUT2D eigenvalue weighted by molar-refractivity contribution is -0.384. The van der Waals surface area contributed by atoms with E-state index in [-0.39, 0.29) is 17.0 Å². The monoisotopic (exact) mass is 436 g/mol. The number of amides is 1. The van der Waals surface area contributed by atoms with Crippen LogP contribution >= 0.6 is 0 Å². The summed E-state index contributed by atoms with van der Waals surface area (Å²) in [6.07, 6.45) is 2.53. The van der Waals surface area contributed by atoms with E-state index in [0.717, 1.165) is 16.9 Å². The van der Waals surface area contributed by atoms with Gasteiger partial charge in [-0.2, -0.15) is 4.73 Å². The molecule has 0 atom stereocenters. The van der Waals surface area contributed by atoms with E-state index in [9.17, 15) is 28.9 Å². The number of carbonyl (C=O) groups excluding carboxylic acids is 1. The molecule has 160 valence electrons. The minimum atomic E-state index is -1.01. The Hall–Kier alpha value is -4.60. The van der Waals surface area contributed by atoms with Crippen molar-refractivity contribution in [3.63, 3.8) is 0 Å². The van der Waals surface area contributed by atoms with Crippen LogP contribution in [0.3, 0.4) is 0 Å². The molecule has 32 heavy (non-hydrogen) atoms. The lowest BCUT2D eigenvalue weighted by atomic mass is 10.2. The second-order valence-electron chi connectivity index (χ2n) is 6.75. The minimum absolute atomic E-state index is 0.172. The number of rotatable bonds is 5. The molecule has 2 N–H and O–H groups in total. The van der Waals surface area contributed by atoms with Crippen LogP contribution in [-0.4, -0.2) is 25.8 Å². The molecule has 0 saturated carbocycles. The fourth-order valence-electron chi connectivity index (χ4n) is 3.03. The zero-order valence-electron chi connectivity index (χ0n) is 16.2.